The van der Waals surface area contributed by atoms with E-state index in [1.54, 1.807) is 0 Å². The smallest absolute Gasteiger partial charge is 0.208 e. The summed E-state index contributed by atoms with van der Waals surface area (Å²) in [6, 6.07) is 49.9. The molecule has 6 aromatic carbocycles. The Kier molecular flexibility index (Phi) is 5.13. The van der Waals surface area contributed by atoms with Crippen LogP contribution in [0.25, 0.3) is 53.1 Å². The average molecular weight is 556 g/mol. The Morgan fingerprint density at radius 1 is 0.595 bits per heavy atom. The Morgan fingerprint density at radius 3 is 2.21 bits per heavy atom. The molecule has 0 saturated carbocycles. The fourth-order valence-corrected chi connectivity index (χ4v) is 7.75. The van der Waals surface area contributed by atoms with Crippen molar-refractivity contribution in [2.24, 2.45) is 4.99 Å². The molecular weight excluding hydrogens is 531 g/mol. The molecule has 2 aromatic heterocycles. The molecule has 0 aliphatic carbocycles. The Hall–Kier alpha value is -5.19. The number of aliphatic imine (C=N–C) groups is 1. The van der Waals surface area contributed by atoms with Gasteiger partial charge in [-0.3, -0.25) is 4.57 Å². The minimum Gasteiger partial charge on any atom is -0.325 e. The second-order valence-electron chi connectivity index (χ2n) is 10.8. The lowest BCUT2D eigenvalue weighted by molar-refractivity contribution is 0.851. The van der Waals surface area contributed by atoms with Crippen molar-refractivity contribution in [2.45, 2.75) is 6.04 Å². The fourth-order valence-electron chi connectivity index (χ4n) is 6.51. The van der Waals surface area contributed by atoms with Gasteiger partial charge in [-0.1, -0.05) is 115 Å². The van der Waals surface area contributed by atoms with Crippen LogP contribution < -0.4 is 5.32 Å². The molecule has 0 radical (unpaired) electrons. The number of hydrogen-bond acceptors (Lipinski definition) is 3. The third kappa shape index (κ3) is 3.49. The summed E-state index contributed by atoms with van der Waals surface area (Å²) in [5.74, 6) is 0.847. The Morgan fingerprint density at radius 2 is 1.33 bits per heavy atom. The maximum absolute atomic E-state index is 5.45. The Balaban J connectivity index is 1.38. The van der Waals surface area contributed by atoms with E-state index >= 15 is 0 Å². The first-order chi connectivity index (χ1) is 20.8. The summed E-state index contributed by atoms with van der Waals surface area (Å²) >= 11 is 1.86. The number of rotatable bonds is 2. The van der Waals surface area contributed by atoms with Crippen molar-refractivity contribution in [2.75, 3.05) is 5.32 Å². The van der Waals surface area contributed by atoms with E-state index in [0.717, 1.165) is 17.2 Å². The van der Waals surface area contributed by atoms with Gasteiger partial charge in [0.15, 0.2) is 0 Å². The van der Waals surface area contributed by atoms with Gasteiger partial charge in [-0.15, -0.1) is 11.3 Å². The molecule has 8 aromatic rings. The predicted octanol–water partition coefficient (Wildman–Crippen LogP) is 10.2. The summed E-state index contributed by atoms with van der Waals surface area (Å²) in [6.07, 6.45) is 0. The maximum atomic E-state index is 5.45. The van der Waals surface area contributed by atoms with Crippen LogP contribution in [0.4, 0.5) is 5.69 Å². The molecule has 1 unspecified atom stereocenters. The highest BCUT2D eigenvalue weighted by Gasteiger charge is 2.27. The average Bonchev–Trinajstić information content (AvgIpc) is 3.61. The number of benzene rings is 6. The number of hydrogen-bond donors (Lipinski definition) is 1. The molecule has 9 rings (SSSR count). The summed E-state index contributed by atoms with van der Waals surface area (Å²) < 4.78 is 4.95. The highest BCUT2D eigenvalue weighted by Crippen LogP contribution is 2.44. The van der Waals surface area contributed by atoms with Crippen molar-refractivity contribution in [1.82, 2.24) is 4.57 Å². The van der Waals surface area contributed by atoms with E-state index in [9.17, 15) is 0 Å². The van der Waals surface area contributed by atoms with Crippen LogP contribution >= 0.6 is 11.3 Å². The zero-order valence-corrected chi connectivity index (χ0v) is 23.5. The van der Waals surface area contributed by atoms with Gasteiger partial charge in [0, 0.05) is 37.5 Å². The topological polar surface area (TPSA) is 29.3 Å². The van der Waals surface area contributed by atoms with E-state index in [1.165, 1.54) is 58.7 Å². The molecule has 0 saturated heterocycles. The summed E-state index contributed by atoms with van der Waals surface area (Å²) in [5, 5.41) is 8.79. The quantitative estimate of drug-likeness (QED) is 0.226. The summed E-state index contributed by atoms with van der Waals surface area (Å²) in [4.78, 5) is 5.45. The largest absolute Gasteiger partial charge is 0.325 e. The van der Waals surface area contributed by atoms with Gasteiger partial charge in [-0.05, 0) is 41.0 Å². The standard InChI is InChI=1S/C38H25N3S/c1-3-11-24(12-4-1)26-19-22-33-31(23-26)28-20-21-29-27-15-8-10-18-34(27)42-37(29)36(28)41(33)38-39-32-17-9-7-16-30(32)35(40-38)25-13-5-2-6-14-25/h1-23,35H,(H,39,40). The van der Waals surface area contributed by atoms with E-state index in [-0.39, 0.29) is 6.04 Å². The van der Waals surface area contributed by atoms with Gasteiger partial charge in [0.1, 0.15) is 6.04 Å². The van der Waals surface area contributed by atoms with Crippen molar-refractivity contribution >= 4 is 65.0 Å². The van der Waals surface area contributed by atoms with E-state index < -0.39 is 0 Å². The molecule has 0 spiro atoms. The first-order valence-corrected chi connectivity index (χ1v) is 15.1. The van der Waals surface area contributed by atoms with Crippen LogP contribution in [-0.4, -0.2) is 10.5 Å². The van der Waals surface area contributed by atoms with Crippen molar-refractivity contribution in [3.8, 4) is 11.1 Å². The van der Waals surface area contributed by atoms with Crippen molar-refractivity contribution in [3.05, 3.63) is 151 Å². The number of para-hydroxylation sites is 1. The Bertz CT molecular complexity index is 2330. The lowest BCUT2D eigenvalue weighted by Gasteiger charge is -2.26. The van der Waals surface area contributed by atoms with Gasteiger partial charge in [0.2, 0.25) is 5.96 Å². The zero-order valence-electron chi connectivity index (χ0n) is 22.7. The third-order valence-electron chi connectivity index (χ3n) is 8.46. The van der Waals surface area contributed by atoms with Crippen LogP contribution in [0.15, 0.2) is 145 Å². The van der Waals surface area contributed by atoms with Crippen molar-refractivity contribution < 1.29 is 0 Å². The highest BCUT2D eigenvalue weighted by atomic mass is 32.1. The number of nitrogens with one attached hydrogen (secondary N) is 1. The number of nitrogens with zero attached hydrogens (tertiary/aromatic N) is 2. The highest BCUT2D eigenvalue weighted by molar-refractivity contribution is 7.26. The normalized spacial score (nSPS) is 14.8. The van der Waals surface area contributed by atoms with Crippen LogP contribution in [0.3, 0.4) is 0 Å². The molecule has 42 heavy (non-hydrogen) atoms. The molecule has 198 valence electrons. The van der Waals surface area contributed by atoms with E-state index in [1.807, 2.05) is 11.3 Å². The van der Waals surface area contributed by atoms with Crippen molar-refractivity contribution in [3.63, 3.8) is 0 Å². The Labute approximate surface area is 247 Å². The molecule has 4 heteroatoms. The molecule has 0 bridgehead atoms. The van der Waals surface area contributed by atoms with E-state index in [4.69, 9.17) is 4.99 Å². The van der Waals surface area contributed by atoms with Crippen LogP contribution in [0, 0.1) is 0 Å². The SMILES string of the molecule is c1ccc(-c2ccc3c(c2)c2ccc4c5ccccc5sc4c2n3C2=NC(c3ccccc3)c3ccccc3N2)cc1. The molecule has 1 aliphatic heterocycles. The monoisotopic (exact) mass is 555 g/mol. The summed E-state index contributed by atoms with van der Waals surface area (Å²) in [5.41, 5.74) is 8.24. The second-order valence-corrected chi connectivity index (χ2v) is 11.9. The van der Waals surface area contributed by atoms with Crippen LogP contribution in [0.5, 0.6) is 0 Å². The molecule has 3 heterocycles. The number of anilines is 1. The zero-order chi connectivity index (χ0) is 27.6. The lowest BCUT2D eigenvalue weighted by Crippen LogP contribution is -2.27. The van der Waals surface area contributed by atoms with Gasteiger partial charge in [-0.25, -0.2) is 4.99 Å². The van der Waals surface area contributed by atoms with Gasteiger partial charge in [-0.2, -0.15) is 0 Å². The third-order valence-corrected chi connectivity index (χ3v) is 9.65. The molecule has 0 amide bonds. The molecule has 1 aliphatic rings. The molecular formula is C38H25N3S. The molecule has 1 atom stereocenters. The van der Waals surface area contributed by atoms with E-state index in [2.05, 4.69) is 149 Å². The summed E-state index contributed by atoms with van der Waals surface area (Å²) in [6.45, 7) is 0. The number of thiophene rings is 1. The minimum absolute atomic E-state index is 0.101. The summed E-state index contributed by atoms with van der Waals surface area (Å²) in [7, 11) is 0. The first kappa shape index (κ1) is 23.5. The second kappa shape index (κ2) is 9.16. The molecule has 3 nitrogen and oxygen atoms in total. The predicted molar refractivity (Wildman–Crippen MR) is 179 cm³/mol. The number of aromatic nitrogens is 1. The van der Waals surface area contributed by atoms with Gasteiger partial charge in [0.25, 0.3) is 0 Å². The molecule has 1 N–H and O–H groups in total. The van der Waals surface area contributed by atoms with Crippen LogP contribution in [0.2, 0.25) is 0 Å². The van der Waals surface area contributed by atoms with Crippen LogP contribution in [0.1, 0.15) is 17.2 Å². The number of fused-ring (bicyclic) bond motifs is 8. The van der Waals surface area contributed by atoms with Gasteiger partial charge >= 0.3 is 0 Å². The van der Waals surface area contributed by atoms with Gasteiger partial charge in [0.05, 0.1) is 15.7 Å². The van der Waals surface area contributed by atoms with E-state index in [0.29, 0.717) is 0 Å². The van der Waals surface area contributed by atoms with Crippen molar-refractivity contribution in [1.29, 1.82) is 0 Å². The fraction of sp³-hybridized carbons (Fsp3) is 0.0263. The lowest BCUT2D eigenvalue weighted by atomic mass is 9.96. The van der Waals surface area contributed by atoms with Crippen LogP contribution in [-0.2, 0) is 0 Å². The van der Waals surface area contributed by atoms with Gasteiger partial charge < -0.3 is 5.32 Å². The minimum atomic E-state index is -0.101. The first-order valence-electron chi connectivity index (χ1n) is 14.3. The maximum Gasteiger partial charge on any atom is 0.208 e. The molecule has 0 fully saturated rings.